The van der Waals surface area contributed by atoms with Crippen LogP contribution >= 0.6 is 0 Å². The molecule has 2 aliphatic heterocycles. The van der Waals surface area contributed by atoms with Gasteiger partial charge in [0.25, 0.3) is 5.88 Å². The van der Waals surface area contributed by atoms with E-state index in [2.05, 4.69) is 30.4 Å². The first-order valence-corrected chi connectivity index (χ1v) is 13.2. The number of benzene rings is 1. The number of alkyl halides is 1. The van der Waals surface area contributed by atoms with E-state index in [4.69, 9.17) is 9.47 Å². The maximum atomic E-state index is 15.9. The second-order valence-corrected chi connectivity index (χ2v) is 10.8. The van der Waals surface area contributed by atoms with Gasteiger partial charge in [-0.25, -0.2) is 14.4 Å². The number of aromatic nitrogens is 4. The highest BCUT2D eigenvalue weighted by atomic mass is 19.1. The Morgan fingerprint density at radius 1 is 1.05 bits per heavy atom. The van der Waals surface area contributed by atoms with Crippen LogP contribution in [0, 0.1) is 0 Å². The first kappa shape index (κ1) is 24.8. The molecule has 1 saturated carbocycles. The van der Waals surface area contributed by atoms with Crippen LogP contribution in [0.5, 0.6) is 17.4 Å². The minimum absolute atomic E-state index is 0.0445. The molecule has 4 heterocycles. The number of aromatic hydroxyl groups is 1. The molecule has 1 aromatic carbocycles. The van der Waals surface area contributed by atoms with Gasteiger partial charge >= 0.3 is 0 Å². The predicted octanol–water partition coefficient (Wildman–Crippen LogP) is 4.30. The highest BCUT2D eigenvalue weighted by molar-refractivity contribution is 5.74. The normalized spacial score (nSPS) is 26.6. The summed E-state index contributed by atoms with van der Waals surface area (Å²) in [5, 5.41) is 23.2. The van der Waals surface area contributed by atoms with E-state index < -0.39 is 11.7 Å². The van der Waals surface area contributed by atoms with Crippen LogP contribution in [0.1, 0.15) is 45.4 Å². The third kappa shape index (κ3) is 4.40. The number of methoxy groups -OCH3 is 2. The number of hydrogen-bond acceptors (Lipinski definition) is 9. The number of phenolic OH excluding ortho intramolecular Hbond substituents is 1. The van der Waals surface area contributed by atoms with Crippen molar-refractivity contribution in [2.45, 2.75) is 75.3 Å². The molecule has 4 atom stereocenters. The van der Waals surface area contributed by atoms with E-state index in [0.29, 0.717) is 34.9 Å². The molecule has 2 aromatic heterocycles. The number of phenols is 1. The molecule has 2 saturated heterocycles. The standard InChI is InChI=1S/C28H33FN6O3/c1-28-10-4-5-18(32-28)13-22(25(28)29)35(19-7-8-19)27-31-15-21(33-34-27)20-9-6-16(11-23(20)36)17-12-24(37-2)26(38-3)30-14-17/h6,9,11-12,14-15,18-19,22,25,32,36H,4-5,7-8,10,13H2,1-3H3/t18-,22+,25+,28-/m0/s1. The Balaban J connectivity index is 1.25. The van der Waals surface area contributed by atoms with Gasteiger partial charge in [0.15, 0.2) is 5.75 Å². The second kappa shape index (κ2) is 9.65. The Morgan fingerprint density at radius 3 is 2.58 bits per heavy atom. The SMILES string of the molecule is COc1cc(-c2ccc(-c3cnc(N(C4CC4)[C@@H]4C[C@@H]5CCC[C@](C)(N5)[C@@H]4F)nn3)c(O)c2)cnc1OC. The van der Waals surface area contributed by atoms with Crippen molar-refractivity contribution >= 4 is 5.95 Å². The molecule has 9 nitrogen and oxygen atoms in total. The number of nitrogens with one attached hydrogen (secondary N) is 1. The zero-order valence-corrected chi connectivity index (χ0v) is 21.9. The summed E-state index contributed by atoms with van der Waals surface area (Å²) < 4.78 is 26.4. The van der Waals surface area contributed by atoms with Crippen LogP contribution in [0.2, 0.25) is 0 Å². The van der Waals surface area contributed by atoms with Gasteiger partial charge in [0, 0.05) is 34.9 Å². The lowest BCUT2D eigenvalue weighted by molar-refractivity contribution is 0.0383. The van der Waals surface area contributed by atoms with Crippen molar-refractivity contribution in [3.05, 3.63) is 36.7 Å². The van der Waals surface area contributed by atoms with E-state index in [1.165, 1.54) is 7.11 Å². The van der Waals surface area contributed by atoms with E-state index in [1.54, 1.807) is 37.7 Å². The van der Waals surface area contributed by atoms with E-state index in [9.17, 15) is 5.11 Å². The Morgan fingerprint density at radius 2 is 1.89 bits per heavy atom. The molecule has 0 radical (unpaired) electrons. The molecular formula is C28H33FN6O3. The van der Waals surface area contributed by atoms with Gasteiger partial charge in [-0.15, -0.1) is 10.2 Å². The largest absolute Gasteiger partial charge is 0.507 e. The number of nitrogens with zero attached hydrogens (tertiary/aromatic N) is 5. The predicted molar refractivity (Wildman–Crippen MR) is 141 cm³/mol. The Hall–Kier alpha value is -3.53. The van der Waals surface area contributed by atoms with Crippen LogP contribution in [-0.2, 0) is 0 Å². The number of halogens is 1. The zero-order chi connectivity index (χ0) is 26.4. The van der Waals surface area contributed by atoms with Crippen LogP contribution in [0.15, 0.2) is 36.7 Å². The number of piperidine rings is 2. The topological polar surface area (TPSA) is 106 Å². The summed E-state index contributed by atoms with van der Waals surface area (Å²) in [5.41, 5.74) is 1.98. The van der Waals surface area contributed by atoms with Gasteiger partial charge in [0.05, 0.1) is 26.5 Å². The minimum Gasteiger partial charge on any atom is -0.507 e. The van der Waals surface area contributed by atoms with Crippen molar-refractivity contribution in [1.82, 2.24) is 25.5 Å². The fraction of sp³-hybridized carbons (Fsp3) is 0.500. The molecule has 3 fully saturated rings. The van der Waals surface area contributed by atoms with Gasteiger partial charge in [-0.05, 0) is 69.2 Å². The molecule has 38 heavy (non-hydrogen) atoms. The molecule has 0 unspecified atom stereocenters. The van der Waals surface area contributed by atoms with E-state index in [-0.39, 0.29) is 17.8 Å². The van der Waals surface area contributed by atoms with Gasteiger partial charge in [0.2, 0.25) is 5.95 Å². The van der Waals surface area contributed by atoms with Crippen molar-refractivity contribution in [3.63, 3.8) is 0 Å². The smallest absolute Gasteiger partial charge is 0.256 e. The number of fused-ring (bicyclic) bond motifs is 2. The fourth-order valence-corrected chi connectivity index (χ4v) is 6.07. The number of anilines is 1. The lowest BCUT2D eigenvalue weighted by Crippen LogP contribution is -2.69. The first-order chi connectivity index (χ1) is 18.4. The zero-order valence-electron chi connectivity index (χ0n) is 21.9. The van der Waals surface area contributed by atoms with Crippen molar-refractivity contribution in [2.24, 2.45) is 0 Å². The highest BCUT2D eigenvalue weighted by Gasteiger charge is 2.52. The highest BCUT2D eigenvalue weighted by Crippen LogP contribution is 2.43. The van der Waals surface area contributed by atoms with Gasteiger partial charge in [-0.1, -0.05) is 6.07 Å². The third-order valence-corrected chi connectivity index (χ3v) is 8.17. The first-order valence-electron chi connectivity index (χ1n) is 13.2. The molecule has 3 aromatic rings. The number of pyridine rings is 1. The van der Waals surface area contributed by atoms with Gasteiger partial charge in [0.1, 0.15) is 17.6 Å². The van der Waals surface area contributed by atoms with Crippen LogP contribution in [-0.4, -0.2) is 69.3 Å². The summed E-state index contributed by atoms with van der Waals surface area (Å²) in [6.45, 7) is 2.01. The molecule has 6 rings (SSSR count). The monoisotopic (exact) mass is 520 g/mol. The van der Waals surface area contributed by atoms with E-state index >= 15 is 4.39 Å². The number of ether oxygens (including phenoxy) is 2. The van der Waals surface area contributed by atoms with E-state index in [0.717, 1.165) is 49.7 Å². The van der Waals surface area contributed by atoms with Crippen LogP contribution < -0.4 is 19.7 Å². The van der Waals surface area contributed by atoms with Crippen molar-refractivity contribution in [3.8, 4) is 39.8 Å². The molecular weight excluding hydrogens is 487 g/mol. The van der Waals surface area contributed by atoms with Gasteiger partial charge < -0.3 is 24.8 Å². The lowest BCUT2D eigenvalue weighted by Gasteiger charge is -2.52. The lowest BCUT2D eigenvalue weighted by atomic mass is 9.73. The number of hydrogen-bond donors (Lipinski definition) is 2. The quantitative estimate of drug-likeness (QED) is 0.472. The average Bonchev–Trinajstić information content (AvgIpc) is 3.77. The maximum absolute atomic E-state index is 15.9. The molecule has 2 bridgehead atoms. The molecule has 200 valence electrons. The van der Waals surface area contributed by atoms with Gasteiger partial charge in [-0.3, -0.25) is 0 Å². The average molecular weight is 521 g/mol. The molecule has 0 spiro atoms. The van der Waals surface area contributed by atoms with Crippen LogP contribution in [0.25, 0.3) is 22.4 Å². The molecule has 1 aliphatic carbocycles. The Bertz CT molecular complexity index is 1320. The fourth-order valence-electron chi connectivity index (χ4n) is 6.07. The Labute approximate surface area is 221 Å². The third-order valence-electron chi connectivity index (χ3n) is 8.17. The summed E-state index contributed by atoms with van der Waals surface area (Å²) >= 11 is 0. The summed E-state index contributed by atoms with van der Waals surface area (Å²) in [6, 6.07) is 7.38. The molecule has 0 amide bonds. The Kier molecular flexibility index (Phi) is 6.29. The summed E-state index contributed by atoms with van der Waals surface area (Å²) in [4.78, 5) is 11.0. The summed E-state index contributed by atoms with van der Waals surface area (Å²) in [6.07, 6.45) is 8.00. The van der Waals surface area contributed by atoms with Crippen molar-refractivity contribution in [1.29, 1.82) is 0 Å². The number of rotatable bonds is 7. The van der Waals surface area contributed by atoms with Crippen LogP contribution in [0.3, 0.4) is 0 Å². The summed E-state index contributed by atoms with van der Waals surface area (Å²) in [7, 11) is 3.08. The van der Waals surface area contributed by atoms with E-state index in [1.807, 2.05) is 13.0 Å². The second-order valence-electron chi connectivity index (χ2n) is 10.8. The van der Waals surface area contributed by atoms with Crippen LogP contribution in [0.4, 0.5) is 10.3 Å². The summed E-state index contributed by atoms with van der Waals surface area (Å²) in [5.74, 6) is 1.39. The maximum Gasteiger partial charge on any atom is 0.256 e. The van der Waals surface area contributed by atoms with Gasteiger partial charge in [-0.2, -0.15) is 0 Å². The molecule has 3 aliphatic rings. The molecule has 10 heteroatoms. The molecule has 2 N–H and O–H groups in total. The van der Waals surface area contributed by atoms with Crippen molar-refractivity contribution < 1.29 is 19.0 Å². The minimum atomic E-state index is -1.01. The van der Waals surface area contributed by atoms with Crippen molar-refractivity contribution in [2.75, 3.05) is 19.1 Å².